The third kappa shape index (κ3) is 2.05. The van der Waals surface area contributed by atoms with Crippen LogP contribution in [0.1, 0.15) is 23.1 Å². The summed E-state index contributed by atoms with van der Waals surface area (Å²) in [4.78, 5) is 0. The quantitative estimate of drug-likeness (QED) is 0.669. The molecule has 0 aliphatic carbocycles. The Morgan fingerprint density at radius 2 is 1.80 bits per heavy atom. The Morgan fingerprint density at radius 3 is 2.50 bits per heavy atom. The second kappa shape index (κ2) is 5.19. The Kier molecular flexibility index (Phi) is 3.38. The van der Waals surface area contributed by atoms with Gasteiger partial charge in [-0.1, -0.05) is 24.3 Å². The van der Waals surface area contributed by atoms with E-state index in [1.807, 2.05) is 24.3 Å². The molecule has 0 bridgehead atoms. The molecule has 2 aromatic rings. The summed E-state index contributed by atoms with van der Waals surface area (Å²) in [5.41, 5.74) is 3.37. The second-order valence-corrected chi connectivity index (χ2v) is 4.73. The normalized spacial score (nSPS) is 18.4. The number of para-hydroxylation sites is 1. The van der Waals surface area contributed by atoms with Crippen LogP contribution in [0, 0.1) is 11.6 Å². The zero-order valence-corrected chi connectivity index (χ0v) is 10.6. The maximum Gasteiger partial charge on any atom is 0.130 e. The Balaban J connectivity index is 2.04. The molecule has 1 heterocycles. The van der Waals surface area contributed by atoms with Crippen LogP contribution < -0.4 is 16.0 Å². The molecule has 1 aliphatic rings. The van der Waals surface area contributed by atoms with Crippen molar-refractivity contribution in [2.45, 2.75) is 12.0 Å². The molecule has 0 saturated carbocycles. The van der Waals surface area contributed by atoms with Gasteiger partial charge in [-0.05, 0) is 18.2 Å². The molecule has 0 radical (unpaired) electrons. The van der Waals surface area contributed by atoms with Gasteiger partial charge in [-0.2, -0.15) is 0 Å². The molecule has 104 valence electrons. The summed E-state index contributed by atoms with van der Waals surface area (Å²) in [5.74, 6) is 4.81. The van der Waals surface area contributed by atoms with Crippen molar-refractivity contribution in [1.82, 2.24) is 5.43 Å². The van der Waals surface area contributed by atoms with E-state index in [-0.39, 0.29) is 11.5 Å². The van der Waals surface area contributed by atoms with Crippen LogP contribution in [0.3, 0.4) is 0 Å². The molecule has 2 atom stereocenters. The van der Waals surface area contributed by atoms with Gasteiger partial charge in [-0.15, -0.1) is 0 Å². The van der Waals surface area contributed by atoms with Gasteiger partial charge in [0.2, 0.25) is 0 Å². The standard InChI is InChI=1S/C15H14F2N2O/c16-11-5-3-6-12(17)14(11)15(19-18)10-8-20-13-7-2-1-4-9(10)13/h1-7,10,15,19H,8,18H2. The molecule has 3 rings (SSSR count). The monoisotopic (exact) mass is 276 g/mol. The summed E-state index contributed by atoms with van der Waals surface area (Å²) in [5, 5.41) is 0. The van der Waals surface area contributed by atoms with E-state index in [1.165, 1.54) is 18.2 Å². The van der Waals surface area contributed by atoms with E-state index in [0.717, 1.165) is 11.3 Å². The van der Waals surface area contributed by atoms with Gasteiger partial charge in [0.1, 0.15) is 17.4 Å². The second-order valence-electron chi connectivity index (χ2n) is 4.73. The van der Waals surface area contributed by atoms with Gasteiger partial charge in [0.25, 0.3) is 0 Å². The minimum Gasteiger partial charge on any atom is -0.493 e. The van der Waals surface area contributed by atoms with Gasteiger partial charge in [0.05, 0.1) is 12.6 Å². The minimum absolute atomic E-state index is 0.0553. The molecular formula is C15H14F2N2O. The van der Waals surface area contributed by atoms with Gasteiger partial charge < -0.3 is 4.74 Å². The number of hydrogen-bond donors (Lipinski definition) is 2. The van der Waals surface area contributed by atoms with Gasteiger partial charge >= 0.3 is 0 Å². The number of rotatable bonds is 3. The lowest BCUT2D eigenvalue weighted by Gasteiger charge is -2.23. The van der Waals surface area contributed by atoms with E-state index < -0.39 is 17.7 Å². The van der Waals surface area contributed by atoms with Crippen LogP contribution in [0.4, 0.5) is 8.78 Å². The molecule has 0 spiro atoms. The van der Waals surface area contributed by atoms with Crippen LogP contribution >= 0.6 is 0 Å². The number of nitrogens with one attached hydrogen (secondary N) is 1. The van der Waals surface area contributed by atoms with Crippen LogP contribution in [0.25, 0.3) is 0 Å². The Bertz CT molecular complexity index is 613. The fourth-order valence-electron chi connectivity index (χ4n) is 2.67. The molecule has 20 heavy (non-hydrogen) atoms. The van der Waals surface area contributed by atoms with Crippen LogP contribution in [-0.4, -0.2) is 6.61 Å². The average molecular weight is 276 g/mol. The fourth-order valence-corrected chi connectivity index (χ4v) is 2.67. The predicted molar refractivity (Wildman–Crippen MR) is 71.1 cm³/mol. The first-order valence-electron chi connectivity index (χ1n) is 6.34. The maximum atomic E-state index is 13.9. The molecular weight excluding hydrogens is 262 g/mol. The Morgan fingerprint density at radius 1 is 1.10 bits per heavy atom. The summed E-state index contributed by atoms with van der Waals surface area (Å²) in [6, 6.07) is 10.5. The Labute approximate surface area is 115 Å². The summed E-state index contributed by atoms with van der Waals surface area (Å²) in [6.07, 6.45) is 0. The molecule has 0 aromatic heterocycles. The van der Waals surface area contributed by atoms with Crippen molar-refractivity contribution in [2.24, 2.45) is 5.84 Å². The number of hydrazine groups is 1. The van der Waals surface area contributed by atoms with Crippen molar-refractivity contribution in [2.75, 3.05) is 6.61 Å². The van der Waals surface area contributed by atoms with Crippen LogP contribution in [-0.2, 0) is 0 Å². The molecule has 3 N–H and O–H groups in total. The first-order chi connectivity index (χ1) is 9.72. The van der Waals surface area contributed by atoms with Crippen LogP contribution in [0.5, 0.6) is 5.75 Å². The highest BCUT2D eigenvalue weighted by Gasteiger charge is 2.34. The molecule has 0 saturated heterocycles. The van der Waals surface area contributed by atoms with Gasteiger partial charge in [0.15, 0.2) is 0 Å². The van der Waals surface area contributed by atoms with Gasteiger partial charge in [0, 0.05) is 17.0 Å². The SMILES string of the molecule is NNC(c1c(F)cccc1F)C1COc2ccccc21. The number of nitrogens with two attached hydrogens (primary N) is 1. The first kappa shape index (κ1) is 13.0. The molecule has 1 aliphatic heterocycles. The van der Waals surface area contributed by atoms with E-state index in [1.54, 1.807) is 0 Å². The third-order valence-electron chi connectivity index (χ3n) is 3.63. The minimum atomic E-state index is -0.681. The smallest absolute Gasteiger partial charge is 0.130 e. The summed E-state index contributed by atoms with van der Waals surface area (Å²) >= 11 is 0. The maximum absolute atomic E-state index is 13.9. The fraction of sp³-hybridized carbons (Fsp3) is 0.200. The van der Waals surface area contributed by atoms with E-state index in [4.69, 9.17) is 10.6 Å². The van der Waals surface area contributed by atoms with Crippen molar-refractivity contribution >= 4 is 0 Å². The predicted octanol–water partition coefficient (Wildman–Crippen LogP) is 2.65. The van der Waals surface area contributed by atoms with Crippen molar-refractivity contribution < 1.29 is 13.5 Å². The van der Waals surface area contributed by atoms with Gasteiger partial charge in [-0.25, -0.2) is 8.78 Å². The highest BCUT2D eigenvalue weighted by Crippen LogP contribution is 2.41. The van der Waals surface area contributed by atoms with Gasteiger partial charge in [-0.3, -0.25) is 11.3 Å². The summed E-state index contributed by atoms with van der Waals surface area (Å²) in [6.45, 7) is 0.335. The highest BCUT2D eigenvalue weighted by molar-refractivity contribution is 5.42. The Hall–Kier alpha value is -1.98. The summed E-state index contributed by atoms with van der Waals surface area (Å²) in [7, 11) is 0. The summed E-state index contributed by atoms with van der Waals surface area (Å²) < 4.78 is 33.4. The molecule has 5 heteroatoms. The van der Waals surface area contributed by atoms with E-state index in [0.29, 0.717) is 6.61 Å². The lowest BCUT2D eigenvalue weighted by Crippen LogP contribution is -2.34. The van der Waals surface area contributed by atoms with Crippen molar-refractivity contribution in [1.29, 1.82) is 0 Å². The number of benzene rings is 2. The number of fused-ring (bicyclic) bond motifs is 1. The van der Waals surface area contributed by atoms with E-state index in [9.17, 15) is 8.78 Å². The molecule has 2 unspecified atom stereocenters. The topological polar surface area (TPSA) is 47.3 Å². The molecule has 2 aromatic carbocycles. The lowest BCUT2D eigenvalue weighted by atomic mass is 9.88. The lowest BCUT2D eigenvalue weighted by molar-refractivity contribution is 0.294. The van der Waals surface area contributed by atoms with Crippen molar-refractivity contribution in [3.8, 4) is 5.75 Å². The zero-order valence-electron chi connectivity index (χ0n) is 10.6. The molecule has 3 nitrogen and oxygen atoms in total. The van der Waals surface area contributed by atoms with Crippen molar-refractivity contribution in [3.63, 3.8) is 0 Å². The third-order valence-corrected chi connectivity index (χ3v) is 3.63. The first-order valence-corrected chi connectivity index (χ1v) is 6.34. The number of hydrogen-bond acceptors (Lipinski definition) is 3. The molecule has 0 amide bonds. The van der Waals surface area contributed by atoms with E-state index >= 15 is 0 Å². The molecule has 0 fully saturated rings. The van der Waals surface area contributed by atoms with Crippen LogP contribution in [0.15, 0.2) is 42.5 Å². The largest absolute Gasteiger partial charge is 0.493 e. The van der Waals surface area contributed by atoms with Crippen LogP contribution in [0.2, 0.25) is 0 Å². The highest BCUT2D eigenvalue weighted by atomic mass is 19.1. The zero-order chi connectivity index (χ0) is 14.1. The number of halogens is 2. The van der Waals surface area contributed by atoms with Crippen molar-refractivity contribution in [3.05, 3.63) is 65.2 Å². The number of ether oxygens (including phenoxy) is 1. The van der Waals surface area contributed by atoms with E-state index in [2.05, 4.69) is 5.43 Å². The average Bonchev–Trinajstić information content (AvgIpc) is 2.87.